The van der Waals surface area contributed by atoms with Gasteiger partial charge in [-0.25, -0.2) is 0 Å². The van der Waals surface area contributed by atoms with Gasteiger partial charge < -0.3 is 5.32 Å². The molecule has 4 rings (SSSR count). The fourth-order valence-corrected chi connectivity index (χ4v) is 3.17. The number of hydrogen-bond acceptors (Lipinski definition) is 3. The van der Waals surface area contributed by atoms with E-state index < -0.39 is 0 Å². The molecule has 0 aliphatic carbocycles. The molecule has 25 heavy (non-hydrogen) atoms. The van der Waals surface area contributed by atoms with Gasteiger partial charge in [-0.3, -0.25) is 14.7 Å². The normalized spacial score (nSPS) is 16.0. The summed E-state index contributed by atoms with van der Waals surface area (Å²) in [6, 6.07) is 21.6. The standard InChI is InChI=1S/C21H19N3O/c1-2-15-10-12-16(13-11-15)23-20-19-18(9-6-14-22-19)21(25)24(20)17-7-4-3-5-8-17/h3-14,20,23H,2H2,1H3. The molecule has 3 aromatic rings. The maximum Gasteiger partial charge on any atom is 0.262 e. The molecule has 0 bridgehead atoms. The van der Waals surface area contributed by atoms with E-state index in [0.717, 1.165) is 23.5 Å². The van der Waals surface area contributed by atoms with Crippen molar-refractivity contribution in [1.82, 2.24) is 4.98 Å². The summed E-state index contributed by atoms with van der Waals surface area (Å²) in [6.07, 6.45) is 2.41. The molecule has 1 aliphatic heterocycles. The maximum absolute atomic E-state index is 12.9. The quantitative estimate of drug-likeness (QED) is 0.771. The Morgan fingerprint density at radius 2 is 1.76 bits per heavy atom. The largest absolute Gasteiger partial charge is 0.360 e. The number of aryl methyl sites for hydroxylation is 1. The SMILES string of the molecule is CCc1ccc(NC2c3ncccc3C(=O)N2c2ccccc2)cc1. The zero-order valence-corrected chi connectivity index (χ0v) is 14.0. The molecular formula is C21H19N3O. The number of nitrogens with zero attached hydrogens (tertiary/aromatic N) is 2. The van der Waals surface area contributed by atoms with E-state index in [0.29, 0.717) is 5.56 Å². The van der Waals surface area contributed by atoms with Crippen molar-refractivity contribution in [2.45, 2.75) is 19.5 Å². The van der Waals surface area contributed by atoms with E-state index in [2.05, 4.69) is 29.4 Å². The molecule has 1 N–H and O–H groups in total. The highest BCUT2D eigenvalue weighted by atomic mass is 16.2. The van der Waals surface area contributed by atoms with Gasteiger partial charge in [-0.2, -0.15) is 0 Å². The highest BCUT2D eigenvalue weighted by molar-refractivity contribution is 6.11. The van der Waals surface area contributed by atoms with Crippen molar-refractivity contribution in [2.75, 3.05) is 10.2 Å². The summed E-state index contributed by atoms with van der Waals surface area (Å²) in [5.41, 5.74) is 4.51. The Kier molecular flexibility index (Phi) is 3.94. The number of hydrogen-bond donors (Lipinski definition) is 1. The Hall–Kier alpha value is -3.14. The minimum atomic E-state index is -0.321. The minimum absolute atomic E-state index is 0.0306. The number of fused-ring (bicyclic) bond motifs is 1. The Labute approximate surface area is 147 Å². The van der Waals surface area contributed by atoms with E-state index in [1.165, 1.54) is 5.56 Å². The number of benzene rings is 2. The average molecular weight is 329 g/mol. The van der Waals surface area contributed by atoms with E-state index in [1.54, 1.807) is 17.2 Å². The third kappa shape index (κ3) is 2.76. The Balaban J connectivity index is 1.74. The molecule has 1 atom stereocenters. The number of carbonyl (C=O) groups excluding carboxylic acids is 1. The second-order valence-corrected chi connectivity index (χ2v) is 6.04. The summed E-state index contributed by atoms with van der Waals surface area (Å²) in [4.78, 5) is 19.2. The fraction of sp³-hybridized carbons (Fsp3) is 0.143. The van der Waals surface area contributed by atoms with Crippen LogP contribution >= 0.6 is 0 Å². The third-order valence-electron chi connectivity index (χ3n) is 4.50. The van der Waals surface area contributed by atoms with E-state index in [9.17, 15) is 4.79 Å². The summed E-state index contributed by atoms with van der Waals surface area (Å²) < 4.78 is 0. The summed E-state index contributed by atoms with van der Waals surface area (Å²) >= 11 is 0. The number of pyridine rings is 1. The number of anilines is 2. The molecular weight excluding hydrogens is 310 g/mol. The lowest BCUT2D eigenvalue weighted by molar-refractivity contribution is 0.0993. The lowest BCUT2D eigenvalue weighted by Crippen LogP contribution is -2.32. The van der Waals surface area contributed by atoms with Gasteiger partial charge in [-0.1, -0.05) is 37.3 Å². The van der Waals surface area contributed by atoms with Crippen LogP contribution in [-0.4, -0.2) is 10.9 Å². The Morgan fingerprint density at radius 1 is 1.00 bits per heavy atom. The molecule has 1 unspecified atom stereocenters. The average Bonchev–Trinajstić information content (AvgIpc) is 2.95. The van der Waals surface area contributed by atoms with Gasteiger partial charge in [0.2, 0.25) is 0 Å². The van der Waals surface area contributed by atoms with Crippen molar-refractivity contribution < 1.29 is 4.79 Å². The summed E-state index contributed by atoms with van der Waals surface area (Å²) in [6.45, 7) is 2.13. The van der Waals surface area contributed by atoms with E-state index >= 15 is 0 Å². The van der Waals surface area contributed by atoms with Crippen LogP contribution in [-0.2, 0) is 6.42 Å². The Bertz CT molecular complexity index is 891. The van der Waals surface area contributed by atoms with Gasteiger partial charge in [-0.15, -0.1) is 0 Å². The van der Waals surface area contributed by atoms with E-state index in [4.69, 9.17) is 0 Å². The summed E-state index contributed by atoms with van der Waals surface area (Å²) in [7, 11) is 0. The highest BCUT2D eigenvalue weighted by Crippen LogP contribution is 2.36. The molecule has 1 aliphatic rings. The fourth-order valence-electron chi connectivity index (χ4n) is 3.17. The lowest BCUT2D eigenvalue weighted by Gasteiger charge is -2.26. The third-order valence-corrected chi connectivity index (χ3v) is 4.50. The molecule has 2 aromatic carbocycles. The van der Waals surface area contributed by atoms with Crippen molar-refractivity contribution in [3.63, 3.8) is 0 Å². The van der Waals surface area contributed by atoms with Crippen molar-refractivity contribution in [3.05, 3.63) is 89.7 Å². The zero-order valence-electron chi connectivity index (χ0n) is 14.0. The van der Waals surface area contributed by atoms with Crippen LogP contribution in [0.3, 0.4) is 0 Å². The maximum atomic E-state index is 12.9. The number of para-hydroxylation sites is 1. The number of rotatable bonds is 4. The van der Waals surface area contributed by atoms with Crippen LogP contribution in [0, 0.1) is 0 Å². The topological polar surface area (TPSA) is 45.2 Å². The molecule has 2 heterocycles. The van der Waals surface area contributed by atoms with Gasteiger partial charge in [0.1, 0.15) is 0 Å². The predicted octanol–water partition coefficient (Wildman–Crippen LogP) is 4.42. The molecule has 0 saturated heterocycles. The van der Waals surface area contributed by atoms with Crippen LogP contribution in [0.15, 0.2) is 72.9 Å². The lowest BCUT2D eigenvalue weighted by atomic mass is 10.1. The van der Waals surface area contributed by atoms with E-state index in [1.807, 2.05) is 48.5 Å². The van der Waals surface area contributed by atoms with Gasteiger partial charge in [0.05, 0.1) is 11.3 Å². The van der Waals surface area contributed by atoms with Crippen molar-refractivity contribution >= 4 is 17.3 Å². The number of carbonyl (C=O) groups is 1. The van der Waals surface area contributed by atoms with Crippen LogP contribution in [0.25, 0.3) is 0 Å². The van der Waals surface area contributed by atoms with Gasteiger partial charge in [0, 0.05) is 17.6 Å². The summed E-state index contributed by atoms with van der Waals surface area (Å²) in [5.74, 6) is -0.0306. The number of amides is 1. The smallest absolute Gasteiger partial charge is 0.262 e. The monoisotopic (exact) mass is 329 g/mol. The molecule has 4 nitrogen and oxygen atoms in total. The molecule has 1 amide bonds. The van der Waals surface area contributed by atoms with Gasteiger partial charge in [0.25, 0.3) is 5.91 Å². The number of aromatic nitrogens is 1. The summed E-state index contributed by atoms with van der Waals surface area (Å²) in [5, 5.41) is 3.47. The van der Waals surface area contributed by atoms with Crippen LogP contribution in [0.5, 0.6) is 0 Å². The molecule has 0 spiro atoms. The van der Waals surface area contributed by atoms with Crippen molar-refractivity contribution in [1.29, 1.82) is 0 Å². The van der Waals surface area contributed by atoms with Crippen molar-refractivity contribution in [3.8, 4) is 0 Å². The first kappa shape index (κ1) is 15.4. The molecule has 0 saturated carbocycles. The Morgan fingerprint density at radius 3 is 2.48 bits per heavy atom. The molecule has 0 radical (unpaired) electrons. The molecule has 1 aromatic heterocycles. The minimum Gasteiger partial charge on any atom is -0.360 e. The van der Waals surface area contributed by atoms with Gasteiger partial charge >= 0.3 is 0 Å². The number of nitrogens with one attached hydrogen (secondary N) is 1. The van der Waals surface area contributed by atoms with Crippen molar-refractivity contribution in [2.24, 2.45) is 0 Å². The molecule has 4 heteroatoms. The predicted molar refractivity (Wildman–Crippen MR) is 99.7 cm³/mol. The van der Waals surface area contributed by atoms with Crippen LogP contribution in [0.2, 0.25) is 0 Å². The molecule has 0 fully saturated rings. The zero-order chi connectivity index (χ0) is 17.2. The first-order valence-corrected chi connectivity index (χ1v) is 8.47. The molecule has 124 valence electrons. The first-order chi connectivity index (χ1) is 12.3. The van der Waals surface area contributed by atoms with E-state index in [-0.39, 0.29) is 12.1 Å². The van der Waals surface area contributed by atoms with Crippen LogP contribution < -0.4 is 10.2 Å². The van der Waals surface area contributed by atoms with Gasteiger partial charge in [0.15, 0.2) is 6.17 Å². The highest BCUT2D eigenvalue weighted by Gasteiger charge is 2.38. The van der Waals surface area contributed by atoms with Gasteiger partial charge in [-0.05, 0) is 48.4 Å². The second-order valence-electron chi connectivity index (χ2n) is 6.04. The first-order valence-electron chi connectivity index (χ1n) is 8.47. The van der Waals surface area contributed by atoms with Crippen LogP contribution in [0.1, 0.15) is 34.7 Å². The van der Waals surface area contributed by atoms with Crippen LogP contribution in [0.4, 0.5) is 11.4 Å². The second kappa shape index (κ2) is 6.40.